The number of benzene rings is 5. The van der Waals surface area contributed by atoms with Crippen molar-refractivity contribution in [3.05, 3.63) is 151 Å². The van der Waals surface area contributed by atoms with Gasteiger partial charge in [0.05, 0.1) is 6.04 Å². The number of fused-ring (bicyclic) bond motifs is 8. The van der Waals surface area contributed by atoms with Crippen LogP contribution < -0.4 is 5.32 Å². The summed E-state index contributed by atoms with van der Waals surface area (Å²) < 4.78 is 4.82. The minimum Gasteiger partial charge on any atom is -0.358 e. The highest BCUT2D eigenvalue weighted by Gasteiger charge is 2.28. The first kappa shape index (κ1) is 23.5. The van der Waals surface area contributed by atoms with Crippen LogP contribution in [0.5, 0.6) is 0 Å². The van der Waals surface area contributed by atoms with Gasteiger partial charge in [-0.2, -0.15) is 0 Å². The molecular weight excluding hydrogens is 531 g/mol. The average molecular weight is 556 g/mol. The fraction of sp³-hybridized carbons (Fsp3) is 0.0263. The first-order valence-electron chi connectivity index (χ1n) is 14.3. The Labute approximate surface area is 247 Å². The fourth-order valence-corrected chi connectivity index (χ4v) is 7.50. The fourth-order valence-electron chi connectivity index (χ4n) is 6.42. The molecule has 3 nitrogen and oxygen atoms in total. The second kappa shape index (κ2) is 9.16. The molecule has 4 heteroatoms. The van der Waals surface area contributed by atoms with Gasteiger partial charge in [0, 0.05) is 31.9 Å². The van der Waals surface area contributed by atoms with Crippen molar-refractivity contribution in [2.24, 2.45) is 0 Å². The topological polar surface area (TPSA) is 29.3 Å². The van der Waals surface area contributed by atoms with E-state index < -0.39 is 0 Å². The van der Waals surface area contributed by atoms with E-state index in [-0.39, 0.29) is 6.04 Å². The lowest BCUT2D eigenvalue weighted by Crippen LogP contribution is -2.18. The highest BCUT2D eigenvalue weighted by molar-refractivity contribution is 7.25. The van der Waals surface area contributed by atoms with Crippen molar-refractivity contribution in [1.82, 2.24) is 9.38 Å². The average Bonchev–Trinajstić information content (AvgIpc) is 3.63. The Hall–Kier alpha value is -5.19. The van der Waals surface area contributed by atoms with Crippen LogP contribution in [-0.2, 0) is 0 Å². The molecule has 5 aromatic carbocycles. The highest BCUT2D eigenvalue weighted by Crippen LogP contribution is 2.43. The standard InChI is InChI=1S/C38H25N3S/c1-2-12-31-30(11-1)36(40-38-37(31)39-35-14-5-6-21-41(35)38)25-17-15-24(16-18-25)26-8-7-9-27(22-26)28-19-20-34-32(23-28)29-10-3-4-13-33(29)42-34/h1-23,36,40H. The van der Waals surface area contributed by atoms with Crippen molar-refractivity contribution < 1.29 is 0 Å². The number of thiophene rings is 1. The molecule has 0 aliphatic carbocycles. The van der Waals surface area contributed by atoms with Gasteiger partial charge in [-0.05, 0) is 69.8 Å². The van der Waals surface area contributed by atoms with Gasteiger partial charge in [-0.25, -0.2) is 4.98 Å². The second-order valence-corrected chi connectivity index (χ2v) is 12.0. The molecule has 1 aliphatic rings. The maximum absolute atomic E-state index is 4.94. The number of rotatable bonds is 3. The number of hydrogen-bond donors (Lipinski definition) is 1. The van der Waals surface area contributed by atoms with E-state index >= 15 is 0 Å². The maximum Gasteiger partial charge on any atom is 0.139 e. The molecule has 0 spiro atoms. The van der Waals surface area contributed by atoms with Crippen LogP contribution in [-0.4, -0.2) is 9.38 Å². The molecular formula is C38H25N3S. The molecule has 8 aromatic rings. The smallest absolute Gasteiger partial charge is 0.139 e. The Morgan fingerprint density at radius 3 is 2.26 bits per heavy atom. The van der Waals surface area contributed by atoms with Gasteiger partial charge in [-0.3, -0.25) is 4.40 Å². The predicted molar refractivity (Wildman–Crippen MR) is 176 cm³/mol. The zero-order chi connectivity index (χ0) is 27.6. The normalized spacial score (nSPS) is 14.1. The molecule has 42 heavy (non-hydrogen) atoms. The number of nitrogens with one attached hydrogen (secondary N) is 1. The monoisotopic (exact) mass is 555 g/mol. The summed E-state index contributed by atoms with van der Waals surface area (Å²) in [7, 11) is 0. The lowest BCUT2D eigenvalue weighted by molar-refractivity contribution is 0.910. The largest absolute Gasteiger partial charge is 0.358 e. The van der Waals surface area contributed by atoms with Gasteiger partial charge in [0.25, 0.3) is 0 Å². The summed E-state index contributed by atoms with van der Waals surface area (Å²) in [6.07, 6.45) is 2.08. The van der Waals surface area contributed by atoms with E-state index in [4.69, 9.17) is 4.98 Å². The van der Waals surface area contributed by atoms with Crippen LogP contribution in [0.15, 0.2) is 140 Å². The number of aromatic nitrogens is 2. The van der Waals surface area contributed by atoms with Crippen molar-refractivity contribution in [1.29, 1.82) is 0 Å². The molecule has 1 aliphatic heterocycles. The number of anilines is 1. The Morgan fingerprint density at radius 2 is 1.33 bits per heavy atom. The summed E-state index contributed by atoms with van der Waals surface area (Å²) in [4.78, 5) is 4.94. The van der Waals surface area contributed by atoms with E-state index in [0.717, 1.165) is 17.2 Å². The Morgan fingerprint density at radius 1 is 0.595 bits per heavy atom. The van der Waals surface area contributed by atoms with E-state index in [2.05, 4.69) is 143 Å². The van der Waals surface area contributed by atoms with Gasteiger partial charge >= 0.3 is 0 Å². The summed E-state index contributed by atoms with van der Waals surface area (Å²) >= 11 is 1.86. The molecule has 198 valence electrons. The van der Waals surface area contributed by atoms with Crippen molar-refractivity contribution >= 4 is 43.0 Å². The van der Waals surface area contributed by atoms with Crippen LogP contribution in [0.2, 0.25) is 0 Å². The molecule has 4 heterocycles. The molecule has 1 N–H and O–H groups in total. The van der Waals surface area contributed by atoms with Gasteiger partial charge in [-0.1, -0.05) is 97.1 Å². The van der Waals surface area contributed by atoms with Crippen molar-refractivity contribution in [2.45, 2.75) is 6.04 Å². The summed E-state index contributed by atoms with van der Waals surface area (Å²) in [5.74, 6) is 1.04. The molecule has 0 saturated heterocycles. The van der Waals surface area contributed by atoms with Crippen molar-refractivity contribution in [3.63, 3.8) is 0 Å². The number of pyridine rings is 1. The molecule has 0 fully saturated rings. The van der Waals surface area contributed by atoms with Crippen molar-refractivity contribution in [2.75, 3.05) is 5.32 Å². The zero-order valence-corrected chi connectivity index (χ0v) is 23.5. The number of imidazole rings is 1. The molecule has 1 unspecified atom stereocenters. The lowest BCUT2D eigenvalue weighted by Gasteiger charge is -2.28. The van der Waals surface area contributed by atoms with Crippen LogP contribution in [0.4, 0.5) is 5.82 Å². The summed E-state index contributed by atoms with van der Waals surface area (Å²) in [5, 5.41) is 6.47. The van der Waals surface area contributed by atoms with E-state index in [1.165, 1.54) is 59.1 Å². The maximum atomic E-state index is 4.94. The van der Waals surface area contributed by atoms with Crippen LogP contribution >= 0.6 is 11.3 Å². The number of nitrogens with zero attached hydrogens (tertiary/aromatic N) is 2. The van der Waals surface area contributed by atoms with Crippen molar-refractivity contribution in [3.8, 4) is 33.5 Å². The Kier molecular flexibility index (Phi) is 5.13. The van der Waals surface area contributed by atoms with Gasteiger partial charge in [0.15, 0.2) is 0 Å². The molecule has 0 radical (unpaired) electrons. The zero-order valence-electron chi connectivity index (χ0n) is 22.7. The minimum atomic E-state index is 0.0429. The molecule has 0 amide bonds. The first-order chi connectivity index (χ1) is 20.8. The third-order valence-electron chi connectivity index (χ3n) is 8.49. The van der Waals surface area contributed by atoms with Gasteiger partial charge in [0.2, 0.25) is 0 Å². The third kappa shape index (κ3) is 3.62. The summed E-state index contributed by atoms with van der Waals surface area (Å²) in [6.45, 7) is 0. The van der Waals surface area contributed by atoms with E-state index in [1.807, 2.05) is 17.4 Å². The van der Waals surface area contributed by atoms with Crippen LogP contribution in [0.25, 0.3) is 59.3 Å². The highest BCUT2D eigenvalue weighted by atomic mass is 32.1. The van der Waals surface area contributed by atoms with Crippen LogP contribution in [0, 0.1) is 0 Å². The van der Waals surface area contributed by atoms with E-state index in [0.29, 0.717) is 0 Å². The molecule has 0 bridgehead atoms. The second-order valence-electron chi connectivity index (χ2n) is 10.9. The third-order valence-corrected chi connectivity index (χ3v) is 9.64. The Balaban J connectivity index is 1.07. The summed E-state index contributed by atoms with van der Waals surface area (Å²) in [5.41, 5.74) is 10.5. The van der Waals surface area contributed by atoms with Crippen LogP contribution in [0.1, 0.15) is 17.2 Å². The number of hydrogen-bond acceptors (Lipinski definition) is 3. The SMILES string of the molecule is c1cc(-c2ccc(C3Nc4c(nc5ccccn45)-c4ccccc43)cc2)cc(-c2ccc3sc4ccccc4c3c2)c1. The predicted octanol–water partition coefficient (Wildman–Crippen LogP) is 10.2. The first-order valence-corrected chi connectivity index (χ1v) is 15.1. The van der Waals surface area contributed by atoms with Crippen LogP contribution in [0.3, 0.4) is 0 Å². The minimum absolute atomic E-state index is 0.0429. The summed E-state index contributed by atoms with van der Waals surface area (Å²) in [6, 6.07) is 48.3. The molecule has 3 aromatic heterocycles. The quantitative estimate of drug-likeness (QED) is 0.235. The van der Waals surface area contributed by atoms with Gasteiger partial charge < -0.3 is 5.32 Å². The van der Waals surface area contributed by atoms with E-state index in [1.54, 1.807) is 0 Å². The van der Waals surface area contributed by atoms with E-state index in [9.17, 15) is 0 Å². The molecule has 0 saturated carbocycles. The van der Waals surface area contributed by atoms with Gasteiger partial charge in [-0.15, -0.1) is 11.3 Å². The molecule has 1 atom stereocenters. The Bertz CT molecular complexity index is 2290. The molecule has 9 rings (SSSR count). The lowest BCUT2D eigenvalue weighted by atomic mass is 9.89. The van der Waals surface area contributed by atoms with Gasteiger partial charge in [0.1, 0.15) is 17.2 Å².